The highest BCUT2D eigenvalue weighted by atomic mass is 32.2. The second-order valence-electron chi connectivity index (χ2n) is 5.38. The van der Waals surface area contributed by atoms with Crippen LogP contribution in [0.3, 0.4) is 0 Å². The monoisotopic (exact) mass is 299 g/mol. The molecule has 1 aliphatic heterocycles. The fourth-order valence-corrected chi connectivity index (χ4v) is 3.84. The number of aryl methyl sites for hydroxylation is 1. The number of benzene rings is 2. The van der Waals surface area contributed by atoms with Gasteiger partial charge in [0.15, 0.2) is 0 Å². The van der Waals surface area contributed by atoms with E-state index in [1.807, 2.05) is 18.8 Å². The van der Waals surface area contributed by atoms with E-state index in [1.165, 1.54) is 21.6 Å². The van der Waals surface area contributed by atoms with Gasteiger partial charge < -0.3 is 10.1 Å². The van der Waals surface area contributed by atoms with Crippen molar-refractivity contribution in [2.45, 2.75) is 24.3 Å². The van der Waals surface area contributed by atoms with Gasteiger partial charge in [-0.25, -0.2) is 0 Å². The minimum Gasteiger partial charge on any atom is -0.493 e. The average Bonchev–Trinajstić information content (AvgIpc) is 2.97. The molecule has 1 unspecified atom stereocenters. The number of ether oxygens (including phenoxy) is 1. The Labute approximate surface area is 130 Å². The first kappa shape index (κ1) is 14.5. The molecule has 2 aromatic rings. The van der Waals surface area contributed by atoms with E-state index in [0.717, 1.165) is 24.5 Å². The van der Waals surface area contributed by atoms with Crippen LogP contribution < -0.4 is 10.1 Å². The number of fused-ring (bicyclic) bond motifs is 1. The lowest BCUT2D eigenvalue weighted by molar-refractivity contribution is 0.357. The van der Waals surface area contributed by atoms with Gasteiger partial charge in [-0.05, 0) is 42.8 Å². The molecule has 0 amide bonds. The van der Waals surface area contributed by atoms with E-state index in [4.69, 9.17) is 4.74 Å². The summed E-state index contributed by atoms with van der Waals surface area (Å²) in [6, 6.07) is 15.5. The van der Waals surface area contributed by atoms with E-state index in [-0.39, 0.29) is 0 Å². The fourth-order valence-electron chi connectivity index (χ4n) is 2.66. The standard InChI is InChI=1S/C18H21NOS/c1-13-5-3-4-6-18(13)21-12-16(19-2)14-7-8-17-15(11-14)9-10-20-17/h3-8,11,16,19H,9-10,12H2,1-2H3. The van der Waals surface area contributed by atoms with Crippen LogP contribution >= 0.6 is 11.8 Å². The van der Waals surface area contributed by atoms with Crippen LogP contribution in [0, 0.1) is 6.92 Å². The van der Waals surface area contributed by atoms with E-state index >= 15 is 0 Å². The molecule has 2 aromatic carbocycles. The Kier molecular flexibility index (Phi) is 4.51. The summed E-state index contributed by atoms with van der Waals surface area (Å²) in [5, 5.41) is 3.44. The van der Waals surface area contributed by atoms with Gasteiger partial charge in [0.05, 0.1) is 6.61 Å². The minimum absolute atomic E-state index is 0.362. The summed E-state index contributed by atoms with van der Waals surface area (Å²) in [5.41, 5.74) is 4.04. The van der Waals surface area contributed by atoms with E-state index < -0.39 is 0 Å². The van der Waals surface area contributed by atoms with Gasteiger partial charge in [0.2, 0.25) is 0 Å². The molecular formula is C18H21NOS. The van der Waals surface area contributed by atoms with Gasteiger partial charge in [-0.2, -0.15) is 0 Å². The van der Waals surface area contributed by atoms with E-state index in [2.05, 4.69) is 54.7 Å². The molecule has 3 rings (SSSR count). The highest BCUT2D eigenvalue weighted by molar-refractivity contribution is 7.99. The molecule has 0 spiro atoms. The zero-order chi connectivity index (χ0) is 14.7. The predicted octanol–water partition coefficient (Wildman–Crippen LogP) is 3.98. The Morgan fingerprint density at radius 3 is 2.90 bits per heavy atom. The summed E-state index contributed by atoms with van der Waals surface area (Å²) < 4.78 is 5.59. The number of hydrogen-bond acceptors (Lipinski definition) is 3. The lowest BCUT2D eigenvalue weighted by Gasteiger charge is -2.17. The molecule has 21 heavy (non-hydrogen) atoms. The first-order chi connectivity index (χ1) is 10.3. The van der Waals surface area contributed by atoms with Crippen LogP contribution in [0.5, 0.6) is 5.75 Å². The first-order valence-electron chi connectivity index (χ1n) is 7.39. The van der Waals surface area contributed by atoms with Crippen molar-refractivity contribution in [3.63, 3.8) is 0 Å². The fraction of sp³-hybridized carbons (Fsp3) is 0.333. The average molecular weight is 299 g/mol. The van der Waals surface area contributed by atoms with Crippen LogP contribution in [-0.4, -0.2) is 19.4 Å². The van der Waals surface area contributed by atoms with Crippen LogP contribution in [0.1, 0.15) is 22.7 Å². The summed E-state index contributed by atoms with van der Waals surface area (Å²) >= 11 is 1.91. The lowest BCUT2D eigenvalue weighted by Crippen LogP contribution is -2.18. The number of nitrogens with one attached hydrogen (secondary N) is 1. The Morgan fingerprint density at radius 1 is 1.24 bits per heavy atom. The molecule has 1 heterocycles. The van der Waals surface area contributed by atoms with Crippen molar-refractivity contribution in [2.75, 3.05) is 19.4 Å². The molecule has 0 radical (unpaired) electrons. The zero-order valence-electron chi connectivity index (χ0n) is 12.6. The molecule has 0 saturated carbocycles. The maximum atomic E-state index is 5.59. The van der Waals surface area contributed by atoms with Gasteiger partial charge >= 0.3 is 0 Å². The van der Waals surface area contributed by atoms with Crippen molar-refractivity contribution < 1.29 is 4.74 Å². The van der Waals surface area contributed by atoms with Crippen molar-refractivity contribution in [3.05, 3.63) is 59.2 Å². The van der Waals surface area contributed by atoms with Crippen LogP contribution in [0.2, 0.25) is 0 Å². The normalized spacial score (nSPS) is 14.6. The minimum atomic E-state index is 0.362. The Bertz CT molecular complexity index is 626. The van der Waals surface area contributed by atoms with Crippen LogP contribution in [0.25, 0.3) is 0 Å². The van der Waals surface area contributed by atoms with Crippen LogP contribution in [-0.2, 0) is 6.42 Å². The molecule has 0 bridgehead atoms. The van der Waals surface area contributed by atoms with Crippen molar-refractivity contribution in [1.82, 2.24) is 5.32 Å². The van der Waals surface area contributed by atoms with Crippen LogP contribution in [0.4, 0.5) is 0 Å². The molecule has 0 fully saturated rings. The molecule has 0 saturated heterocycles. The predicted molar refractivity (Wildman–Crippen MR) is 89.3 cm³/mol. The molecule has 0 aromatic heterocycles. The third kappa shape index (κ3) is 3.25. The molecule has 1 N–H and O–H groups in total. The molecule has 3 heteroatoms. The molecule has 110 valence electrons. The summed E-state index contributed by atoms with van der Waals surface area (Å²) in [6.45, 7) is 2.99. The summed E-state index contributed by atoms with van der Waals surface area (Å²) in [7, 11) is 2.03. The second-order valence-corrected chi connectivity index (χ2v) is 6.45. The highest BCUT2D eigenvalue weighted by Gasteiger charge is 2.16. The largest absolute Gasteiger partial charge is 0.493 e. The van der Waals surface area contributed by atoms with Gasteiger partial charge in [0.1, 0.15) is 5.75 Å². The highest BCUT2D eigenvalue weighted by Crippen LogP contribution is 2.31. The van der Waals surface area contributed by atoms with Gasteiger partial charge in [0.25, 0.3) is 0 Å². The van der Waals surface area contributed by atoms with E-state index in [9.17, 15) is 0 Å². The van der Waals surface area contributed by atoms with Crippen LogP contribution in [0.15, 0.2) is 47.4 Å². The third-order valence-corrected chi connectivity index (χ3v) is 5.23. The number of rotatable bonds is 5. The maximum absolute atomic E-state index is 5.59. The summed E-state index contributed by atoms with van der Waals surface area (Å²) in [5.74, 6) is 2.08. The van der Waals surface area contributed by atoms with Gasteiger partial charge in [-0.1, -0.05) is 30.3 Å². The van der Waals surface area contributed by atoms with Crippen molar-refractivity contribution in [2.24, 2.45) is 0 Å². The molecule has 1 atom stereocenters. The van der Waals surface area contributed by atoms with Gasteiger partial charge in [0, 0.05) is 23.1 Å². The first-order valence-corrected chi connectivity index (χ1v) is 8.38. The molecule has 2 nitrogen and oxygen atoms in total. The number of hydrogen-bond donors (Lipinski definition) is 1. The Balaban J connectivity index is 1.72. The van der Waals surface area contributed by atoms with Gasteiger partial charge in [-0.3, -0.25) is 0 Å². The van der Waals surface area contributed by atoms with Crippen molar-refractivity contribution >= 4 is 11.8 Å². The molecular weight excluding hydrogens is 278 g/mol. The molecule has 0 aliphatic carbocycles. The van der Waals surface area contributed by atoms with Crippen molar-refractivity contribution in [3.8, 4) is 5.75 Å². The quantitative estimate of drug-likeness (QED) is 0.844. The summed E-state index contributed by atoms with van der Waals surface area (Å²) in [4.78, 5) is 1.36. The molecule has 1 aliphatic rings. The Hall–Kier alpha value is -1.45. The second kappa shape index (κ2) is 6.54. The maximum Gasteiger partial charge on any atom is 0.122 e. The smallest absolute Gasteiger partial charge is 0.122 e. The zero-order valence-corrected chi connectivity index (χ0v) is 13.4. The SMILES string of the molecule is CNC(CSc1ccccc1C)c1ccc2c(c1)CCO2. The Morgan fingerprint density at radius 2 is 2.10 bits per heavy atom. The van der Waals surface area contributed by atoms with E-state index in [1.54, 1.807) is 0 Å². The lowest BCUT2D eigenvalue weighted by atomic mass is 10.0. The van der Waals surface area contributed by atoms with E-state index in [0.29, 0.717) is 6.04 Å². The van der Waals surface area contributed by atoms with Gasteiger partial charge in [-0.15, -0.1) is 11.8 Å². The topological polar surface area (TPSA) is 21.3 Å². The third-order valence-electron chi connectivity index (χ3n) is 3.96. The summed E-state index contributed by atoms with van der Waals surface area (Å²) in [6.07, 6.45) is 1.03. The van der Waals surface area contributed by atoms with Crippen molar-refractivity contribution in [1.29, 1.82) is 0 Å². The number of thioether (sulfide) groups is 1.